The molecule has 0 spiro atoms. The first kappa shape index (κ1) is 97.0. The van der Waals surface area contributed by atoms with Crippen molar-refractivity contribution in [2.45, 2.75) is 374 Å². The quantitative estimate of drug-likeness (QED) is 0.240. The van der Waals surface area contributed by atoms with Gasteiger partial charge >= 0.3 is 0 Å². The van der Waals surface area contributed by atoms with Crippen molar-refractivity contribution in [1.29, 1.82) is 0 Å². The third-order valence-electron chi connectivity index (χ3n) is 14.8. The molecule has 0 radical (unpaired) electrons. The molecule has 2 unspecified atom stereocenters. The first-order valence-electron chi connectivity index (χ1n) is 36.2. The van der Waals surface area contributed by atoms with Crippen LogP contribution < -0.4 is 0 Å². The lowest BCUT2D eigenvalue weighted by atomic mass is 9.78. The van der Waals surface area contributed by atoms with Crippen molar-refractivity contribution in [3.05, 3.63) is 0 Å². The lowest BCUT2D eigenvalue weighted by Crippen LogP contribution is -2.31. The maximum absolute atomic E-state index is 5.54. The molecule has 0 aromatic heterocycles. The minimum Gasteiger partial charge on any atom is -0.378 e. The van der Waals surface area contributed by atoms with Crippen LogP contribution in [0.5, 0.6) is 0 Å². The normalized spacial score (nSPS) is 21.0. The van der Waals surface area contributed by atoms with Gasteiger partial charge in [0.1, 0.15) is 0 Å². The zero-order chi connectivity index (χ0) is 64.6. The fourth-order valence-electron chi connectivity index (χ4n) is 9.38. The standard InChI is InChI=1S/C9H18.C8H16O.C8H16.C7H14O2.C7H14O.C7H14.C6H12O2.C6H12O.8C2H6/c1-8(2)9-6-4-3-5-7-9;1-7(2)8-5-3-4-6-9-8;1-7(2)8-5-3-4-6-8;1-6(2)7-8-4-3-5-9-7;1-6(2)7-4-3-5-8-7;1-6(2)7-4-3-5-7;1-5(2)6-7-3-4-8-6;1-5(2)6-3-4-7-6;8*1-2/h8-9H,3-7H2,1-2H3;7-8H,3-6H2,1-2H3;7-8H,3-6H2,1-2H3;6-7H,3-5H2,1-2H3;6-7H,3-5H2,1-2H3;6-7H,3-5H2,1-2H3;5-6H,3-4H2,1-2H3;5-6H,3-4H2,1-2H3;8*1-2H3/t;;;;7-;;;;;;;;;;;/m....0.........../s1. The van der Waals surface area contributed by atoms with E-state index in [9.17, 15) is 0 Å². The van der Waals surface area contributed by atoms with Gasteiger partial charge in [-0.15, -0.1) is 0 Å². The Balaban J connectivity index is -0.000000121. The van der Waals surface area contributed by atoms with Gasteiger partial charge in [0.2, 0.25) is 0 Å². The van der Waals surface area contributed by atoms with Crippen LogP contribution in [0.15, 0.2) is 0 Å². The third-order valence-corrected chi connectivity index (χ3v) is 14.8. The Labute approximate surface area is 516 Å². The van der Waals surface area contributed by atoms with Gasteiger partial charge in [-0.1, -0.05) is 299 Å². The summed E-state index contributed by atoms with van der Waals surface area (Å²) in [5.41, 5.74) is 0. The smallest absolute Gasteiger partial charge is 0.160 e. The molecule has 7 nitrogen and oxygen atoms in total. The molecule has 502 valence electrons. The molecule has 5 aliphatic heterocycles. The summed E-state index contributed by atoms with van der Waals surface area (Å²) in [5.74, 6) is 9.18. The average Bonchev–Trinajstić information content (AvgIpc) is 4.33. The molecule has 0 bridgehead atoms. The van der Waals surface area contributed by atoms with Gasteiger partial charge in [0, 0.05) is 31.7 Å². The molecule has 3 saturated carbocycles. The summed E-state index contributed by atoms with van der Waals surface area (Å²) in [7, 11) is 0. The minimum absolute atomic E-state index is 0.0544. The Morgan fingerprint density at radius 3 is 0.580 bits per heavy atom. The number of hydrogen-bond donors (Lipinski definition) is 0. The van der Waals surface area contributed by atoms with Gasteiger partial charge in [-0.25, -0.2) is 0 Å². The summed E-state index contributed by atoms with van der Waals surface area (Å²) in [6, 6.07) is 0. The van der Waals surface area contributed by atoms with Crippen molar-refractivity contribution in [2.75, 3.05) is 46.2 Å². The average molecular weight is 1170 g/mol. The van der Waals surface area contributed by atoms with E-state index in [1.54, 1.807) is 0 Å². The minimum atomic E-state index is 0.0544. The summed E-state index contributed by atoms with van der Waals surface area (Å²) >= 11 is 0. The van der Waals surface area contributed by atoms with Gasteiger partial charge < -0.3 is 33.2 Å². The maximum atomic E-state index is 5.54. The Morgan fingerprint density at radius 1 is 0.185 bits per heavy atom. The zero-order valence-electron chi connectivity index (χ0n) is 62.5. The molecule has 5 heterocycles. The van der Waals surface area contributed by atoms with E-state index in [1.807, 2.05) is 111 Å². The predicted molar refractivity (Wildman–Crippen MR) is 368 cm³/mol. The van der Waals surface area contributed by atoms with Crippen molar-refractivity contribution in [3.63, 3.8) is 0 Å². The summed E-state index contributed by atoms with van der Waals surface area (Å²) in [6.45, 7) is 74.0. The van der Waals surface area contributed by atoms with Crippen LogP contribution in [0.25, 0.3) is 0 Å². The van der Waals surface area contributed by atoms with Crippen LogP contribution in [0, 0.1) is 65.1 Å². The number of rotatable bonds is 8. The second kappa shape index (κ2) is 75.8. The van der Waals surface area contributed by atoms with Crippen LogP contribution in [-0.2, 0) is 33.2 Å². The van der Waals surface area contributed by atoms with Crippen molar-refractivity contribution in [2.24, 2.45) is 65.1 Å². The van der Waals surface area contributed by atoms with Crippen LogP contribution >= 0.6 is 0 Å². The van der Waals surface area contributed by atoms with Crippen LogP contribution in [0.1, 0.15) is 344 Å². The largest absolute Gasteiger partial charge is 0.378 e. The lowest BCUT2D eigenvalue weighted by molar-refractivity contribution is -0.198. The van der Waals surface area contributed by atoms with Crippen LogP contribution in [0.3, 0.4) is 0 Å². The van der Waals surface area contributed by atoms with E-state index in [-0.39, 0.29) is 12.6 Å². The van der Waals surface area contributed by atoms with Gasteiger partial charge in [-0.2, -0.15) is 0 Å². The predicted octanol–water partition coefficient (Wildman–Crippen LogP) is 24.6. The van der Waals surface area contributed by atoms with Gasteiger partial charge in [0.25, 0.3) is 0 Å². The molecule has 7 heteroatoms. The highest BCUT2D eigenvalue weighted by atomic mass is 16.7. The van der Waals surface area contributed by atoms with Crippen LogP contribution in [0.4, 0.5) is 0 Å². The van der Waals surface area contributed by atoms with E-state index in [4.69, 9.17) is 33.2 Å². The van der Waals surface area contributed by atoms with Crippen molar-refractivity contribution in [3.8, 4) is 0 Å². The Kier molecular flexibility index (Phi) is 90.8. The number of ether oxygens (including phenoxy) is 7. The fourth-order valence-corrected chi connectivity index (χ4v) is 9.38. The van der Waals surface area contributed by atoms with Crippen molar-refractivity contribution < 1.29 is 33.2 Å². The van der Waals surface area contributed by atoms with E-state index < -0.39 is 0 Å². The maximum Gasteiger partial charge on any atom is 0.160 e. The molecule has 8 rings (SSSR count). The molecular weight excluding hydrogens is 1000 g/mol. The molecule has 3 atom stereocenters. The highest BCUT2D eigenvalue weighted by Gasteiger charge is 2.23. The zero-order valence-corrected chi connectivity index (χ0v) is 62.5. The summed E-state index contributed by atoms with van der Waals surface area (Å²) < 4.78 is 37.2. The van der Waals surface area contributed by atoms with Crippen LogP contribution in [0.2, 0.25) is 0 Å². The Morgan fingerprint density at radius 2 is 0.420 bits per heavy atom. The van der Waals surface area contributed by atoms with E-state index in [0.29, 0.717) is 36.1 Å². The summed E-state index contributed by atoms with van der Waals surface area (Å²) in [4.78, 5) is 0. The van der Waals surface area contributed by atoms with Gasteiger partial charge in [-0.05, 0) is 98.2 Å². The van der Waals surface area contributed by atoms with Crippen molar-refractivity contribution >= 4 is 0 Å². The van der Waals surface area contributed by atoms with Crippen LogP contribution in [-0.4, -0.2) is 77.1 Å². The Hall–Kier alpha value is -0.280. The molecule has 0 amide bonds. The molecule has 0 N–H and O–H groups in total. The second-order valence-electron chi connectivity index (χ2n) is 23.3. The first-order chi connectivity index (χ1) is 38.9. The molecule has 0 aromatic rings. The molecular formula is C74H164O7. The molecule has 3 aliphatic carbocycles. The fraction of sp³-hybridized carbons (Fsp3) is 1.00. The monoisotopic (exact) mass is 1170 g/mol. The molecule has 8 fully saturated rings. The number of hydrogen-bond acceptors (Lipinski definition) is 7. The Bertz CT molecular complexity index is 884. The first-order valence-corrected chi connectivity index (χ1v) is 36.2. The summed E-state index contributed by atoms with van der Waals surface area (Å²) in [5, 5.41) is 0. The molecule has 0 aromatic carbocycles. The molecule has 81 heavy (non-hydrogen) atoms. The molecule has 8 aliphatic rings. The molecule has 5 saturated heterocycles. The van der Waals surface area contributed by atoms with Gasteiger partial charge in [-0.3, -0.25) is 0 Å². The van der Waals surface area contributed by atoms with Gasteiger partial charge in [0.15, 0.2) is 12.6 Å². The van der Waals surface area contributed by atoms with Gasteiger partial charge in [0.05, 0.1) is 44.7 Å². The highest BCUT2D eigenvalue weighted by Crippen LogP contribution is 2.33. The second-order valence-corrected chi connectivity index (χ2v) is 23.3. The van der Waals surface area contributed by atoms with E-state index >= 15 is 0 Å². The highest BCUT2D eigenvalue weighted by molar-refractivity contribution is 4.73. The van der Waals surface area contributed by atoms with Crippen molar-refractivity contribution in [1.82, 2.24) is 0 Å². The summed E-state index contributed by atoms with van der Waals surface area (Å²) in [6.07, 6.45) is 28.5. The third kappa shape index (κ3) is 61.2. The van der Waals surface area contributed by atoms with E-state index in [1.165, 1.54) is 116 Å². The van der Waals surface area contributed by atoms with E-state index in [0.717, 1.165) is 100 Å². The topological polar surface area (TPSA) is 64.6 Å². The SMILES string of the molecule is CC.CC.CC.CC.CC.CC.CC.CC.CC(C)C1CCC1.CC(C)C1CCCC1.CC(C)C1CCCCC1.CC(C)C1CCCCO1.CC(C)C1CCO1.CC(C)C1OCCCO1.CC(C)C1OCCO1.CC(C)[C@@H]1CCCO1. The lowest BCUT2D eigenvalue weighted by Gasteiger charge is -2.29. The van der Waals surface area contributed by atoms with E-state index in [2.05, 4.69) is 111 Å².